The van der Waals surface area contributed by atoms with Gasteiger partial charge in [-0.3, -0.25) is 4.79 Å². The number of nitrogens with zero attached hydrogens (tertiary/aromatic N) is 1. The molecule has 0 radical (unpaired) electrons. The molecule has 0 saturated heterocycles. The number of carbonyl (C=O) groups is 2. The van der Waals surface area contributed by atoms with E-state index < -0.39 is 5.97 Å². The van der Waals surface area contributed by atoms with Gasteiger partial charge in [0.25, 0.3) is 0 Å². The number of ketones is 1. The first-order valence-corrected chi connectivity index (χ1v) is 7.38. The molecular weight excluding hydrogens is 286 g/mol. The topological polar surface area (TPSA) is 67.3 Å². The van der Waals surface area contributed by atoms with E-state index in [0.717, 1.165) is 5.01 Å². The summed E-state index contributed by atoms with van der Waals surface area (Å²) < 4.78 is 0. The number of rotatable bonds is 3. The van der Waals surface area contributed by atoms with Crippen LogP contribution in [0.1, 0.15) is 52.7 Å². The Hall–Kier alpha value is -2.01. The molecule has 0 fully saturated rings. The number of carbonyl (C=O) groups excluding carboxylic acids is 1. The van der Waals surface area contributed by atoms with Crippen LogP contribution in [-0.2, 0) is 5.41 Å². The van der Waals surface area contributed by atoms with Crippen molar-refractivity contribution in [3.63, 3.8) is 0 Å². The van der Waals surface area contributed by atoms with Crippen molar-refractivity contribution >= 4 is 23.1 Å². The van der Waals surface area contributed by atoms with Crippen molar-refractivity contribution < 1.29 is 14.7 Å². The summed E-state index contributed by atoms with van der Waals surface area (Å²) in [5, 5.41) is 10.1. The molecular formula is C16H17NO3S. The quantitative estimate of drug-likeness (QED) is 0.870. The molecule has 110 valence electrons. The van der Waals surface area contributed by atoms with Gasteiger partial charge < -0.3 is 5.11 Å². The number of aromatic nitrogens is 1. The van der Waals surface area contributed by atoms with Crippen molar-refractivity contribution in [1.29, 1.82) is 0 Å². The van der Waals surface area contributed by atoms with Crippen molar-refractivity contribution in [3.05, 3.63) is 39.7 Å². The second-order valence-corrected chi connectivity index (χ2v) is 6.88. The normalized spacial score (nSPS) is 11.4. The molecule has 0 aliphatic carbocycles. The van der Waals surface area contributed by atoms with Crippen LogP contribution in [0.3, 0.4) is 0 Å². The monoisotopic (exact) mass is 303 g/mol. The molecule has 2 rings (SSSR count). The summed E-state index contributed by atoms with van der Waals surface area (Å²) >= 11 is 1.20. The summed E-state index contributed by atoms with van der Waals surface area (Å²) in [4.78, 5) is 27.5. The summed E-state index contributed by atoms with van der Waals surface area (Å²) in [6.45, 7) is 7.50. The van der Waals surface area contributed by atoms with E-state index in [0.29, 0.717) is 16.8 Å². The Bertz CT molecular complexity index is 693. The molecule has 1 heterocycles. The summed E-state index contributed by atoms with van der Waals surface area (Å²) in [5.74, 6) is -0.998. The third-order valence-corrected chi connectivity index (χ3v) is 4.50. The minimum atomic E-state index is -0.978. The molecule has 0 bridgehead atoms. The lowest BCUT2D eigenvalue weighted by molar-refractivity contribution is 0.0702. The SMILES string of the molecule is CC(=O)c1ccc(-c2nc(C(C)(C)C)sc2C(=O)O)cc1. The van der Waals surface area contributed by atoms with E-state index >= 15 is 0 Å². The van der Waals surface area contributed by atoms with Gasteiger partial charge >= 0.3 is 5.97 Å². The highest BCUT2D eigenvalue weighted by atomic mass is 32.1. The van der Waals surface area contributed by atoms with E-state index in [1.807, 2.05) is 20.8 Å². The molecule has 0 unspecified atom stereocenters. The maximum absolute atomic E-state index is 11.4. The Morgan fingerprint density at radius 1 is 1.14 bits per heavy atom. The van der Waals surface area contributed by atoms with Crippen molar-refractivity contribution in [2.24, 2.45) is 0 Å². The van der Waals surface area contributed by atoms with Crippen molar-refractivity contribution in [2.75, 3.05) is 0 Å². The van der Waals surface area contributed by atoms with Gasteiger partial charge in [-0.15, -0.1) is 11.3 Å². The highest BCUT2D eigenvalue weighted by molar-refractivity contribution is 7.14. The lowest BCUT2D eigenvalue weighted by Gasteiger charge is -2.13. The molecule has 0 atom stereocenters. The Labute approximate surface area is 127 Å². The van der Waals surface area contributed by atoms with Crippen LogP contribution in [0.25, 0.3) is 11.3 Å². The number of aromatic carboxylic acids is 1. The smallest absolute Gasteiger partial charge is 0.348 e. The second-order valence-electron chi connectivity index (χ2n) is 5.89. The predicted octanol–water partition coefficient (Wildman–Crippen LogP) is 4.01. The van der Waals surface area contributed by atoms with Gasteiger partial charge in [0.2, 0.25) is 0 Å². The van der Waals surface area contributed by atoms with E-state index in [2.05, 4.69) is 4.98 Å². The summed E-state index contributed by atoms with van der Waals surface area (Å²) in [6, 6.07) is 6.87. The molecule has 1 aromatic carbocycles. The molecule has 0 amide bonds. The fourth-order valence-corrected chi connectivity index (χ4v) is 2.83. The molecule has 0 saturated carbocycles. The minimum absolute atomic E-state index is 0.0198. The first-order chi connectivity index (χ1) is 9.70. The first kappa shape index (κ1) is 15.4. The molecule has 0 aliphatic rings. The predicted molar refractivity (Wildman–Crippen MR) is 83.2 cm³/mol. The van der Waals surface area contributed by atoms with Crippen LogP contribution < -0.4 is 0 Å². The van der Waals surface area contributed by atoms with Gasteiger partial charge in [-0.05, 0) is 6.92 Å². The van der Waals surface area contributed by atoms with E-state index in [1.54, 1.807) is 24.3 Å². The van der Waals surface area contributed by atoms with E-state index in [-0.39, 0.29) is 16.1 Å². The lowest BCUT2D eigenvalue weighted by atomic mass is 9.98. The van der Waals surface area contributed by atoms with Gasteiger partial charge in [-0.2, -0.15) is 0 Å². The zero-order valence-electron chi connectivity index (χ0n) is 12.4. The van der Waals surface area contributed by atoms with E-state index in [1.165, 1.54) is 18.3 Å². The maximum atomic E-state index is 11.4. The molecule has 1 N–H and O–H groups in total. The Kier molecular flexibility index (Phi) is 3.96. The van der Waals surface area contributed by atoms with Crippen LogP contribution in [-0.4, -0.2) is 21.8 Å². The van der Waals surface area contributed by atoms with Gasteiger partial charge in [-0.25, -0.2) is 9.78 Å². The van der Waals surface area contributed by atoms with E-state index in [4.69, 9.17) is 0 Å². The number of benzene rings is 1. The number of hydrogen-bond acceptors (Lipinski definition) is 4. The van der Waals surface area contributed by atoms with Crippen LogP contribution in [0.4, 0.5) is 0 Å². The standard InChI is InChI=1S/C16H17NO3S/c1-9(18)10-5-7-11(8-6-10)12-13(14(19)20)21-15(17-12)16(2,3)4/h5-8H,1-4H3,(H,19,20). The van der Waals surface area contributed by atoms with Crippen LogP contribution in [0.15, 0.2) is 24.3 Å². The number of thiazole rings is 1. The largest absolute Gasteiger partial charge is 0.477 e. The third kappa shape index (κ3) is 3.19. The zero-order chi connectivity index (χ0) is 15.8. The van der Waals surface area contributed by atoms with Gasteiger partial charge in [0.05, 0.1) is 10.7 Å². The Balaban J connectivity index is 2.54. The van der Waals surface area contributed by atoms with Crippen molar-refractivity contribution in [3.8, 4) is 11.3 Å². The van der Waals surface area contributed by atoms with Crippen LogP contribution >= 0.6 is 11.3 Å². The molecule has 5 heteroatoms. The molecule has 1 aromatic heterocycles. The zero-order valence-corrected chi connectivity index (χ0v) is 13.2. The van der Waals surface area contributed by atoms with Gasteiger partial charge in [-0.1, -0.05) is 45.0 Å². The summed E-state index contributed by atoms with van der Waals surface area (Å²) in [5.41, 5.74) is 1.57. The Morgan fingerprint density at radius 3 is 2.14 bits per heavy atom. The highest BCUT2D eigenvalue weighted by Gasteiger charge is 2.25. The number of Topliss-reactive ketones (excluding diaryl/α,β-unsaturated/α-hetero) is 1. The van der Waals surface area contributed by atoms with Crippen molar-refractivity contribution in [1.82, 2.24) is 4.98 Å². The van der Waals surface area contributed by atoms with Crippen molar-refractivity contribution in [2.45, 2.75) is 33.1 Å². The highest BCUT2D eigenvalue weighted by Crippen LogP contribution is 2.34. The average Bonchev–Trinajstić information content (AvgIpc) is 2.83. The maximum Gasteiger partial charge on any atom is 0.348 e. The van der Waals surface area contributed by atoms with Crippen LogP contribution in [0.2, 0.25) is 0 Å². The fraction of sp³-hybridized carbons (Fsp3) is 0.312. The molecule has 21 heavy (non-hydrogen) atoms. The number of carboxylic acid groups (broad SMARTS) is 1. The molecule has 2 aromatic rings. The molecule has 0 aliphatic heterocycles. The molecule has 0 spiro atoms. The number of carboxylic acids is 1. The summed E-state index contributed by atoms with van der Waals surface area (Å²) in [7, 11) is 0. The second kappa shape index (κ2) is 5.41. The number of hydrogen-bond donors (Lipinski definition) is 1. The van der Waals surface area contributed by atoms with Crippen LogP contribution in [0, 0.1) is 0 Å². The first-order valence-electron chi connectivity index (χ1n) is 6.56. The minimum Gasteiger partial charge on any atom is -0.477 e. The summed E-state index contributed by atoms with van der Waals surface area (Å²) in [6.07, 6.45) is 0. The van der Waals surface area contributed by atoms with Gasteiger partial charge in [0, 0.05) is 16.5 Å². The lowest BCUT2D eigenvalue weighted by Crippen LogP contribution is -2.10. The van der Waals surface area contributed by atoms with Gasteiger partial charge in [0.15, 0.2) is 5.78 Å². The van der Waals surface area contributed by atoms with E-state index in [9.17, 15) is 14.7 Å². The Morgan fingerprint density at radius 2 is 1.71 bits per heavy atom. The third-order valence-electron chi connectivity index (χ3n) is 3.03. The van der Waals surface area contributed by atoms with Crippen LogP contribution in [0.5, 0.6) is 0 Å². The fourth-order valence-electron chi connectivity index (χ4n) is 1.84. The average molecular weight is 303 g/mol. The molecule has 4 nitrogen and oxygen atoms in total. The van der Waals surface area contributed by atoms with Gasteiger partial charge in [0.1, 0.15) is 4.88 Å².